The monoisotopic (exact) mass is 290 g/mol. The molecule has 7 nitrogen and oxygen atoms in total. The van der Waals surface area contributed by atoms with E-state index < -0.39 is 30.2 Å². The number of rotatable bonds is 5. The van der Waals surface area contributed by atoms with Crippen LogP contribution in [-0.4, -0.2) is 53.6 Å². The van der Waals surface area contributed by atoms with E-state index in [4.69, 9.17) is 4.74 Å². The second kappa shape index (κ2) is 5.74. The van der Waals surface area contributed by atoms with E-state index in [9.17, 15) is 19.2 Å². The number of benzene rings is 1. The van der Waals surface area contributed by atoms with Crippen LogP contribution >= 0.6 is 0 Å². The number of imide groups is 2. The summed E-state index contributed by atoms with van der Waals surface area (Å²) in [5.41, 5.74) is 0.334. The van der Waals surface area contributed by atoms with Gasteiger partial charge in [-0.1, -0.05) is 0 Å². The van der Waals surface area contributed by atoms with E-state index in [-0.39, 0.29) is 0 Å². The van der Waals surface area contributed by atoms with E-state index >= 15 is 0 Å². The van der Waals surface area contributed by atoms with Crippen LogP contribution in [0.1, 0.15) is 17.3 Å². The number of Topliss-reactive ketones (excluding diaryl/α,β-unsaturated/α-hetero) is 1. The topological polar surface area (TPSA) is 84.0 Å². The van der Waals surface area contributed by atoms with Crippen LogP contribution in [0.4, 0.5) is 4.79 Å². The minimum atomic E-state index is -0.984. The van der Waals surface area contributed by atoms with Crippen LogP contribution in [0.15, 0.2) is 24.3 Å². The van der Waals surface area contributed by atoms with Gasteiger partial charge in [0.1, 0.15) is 5.75 Å². The number of ketones is 1. The molecule has 0 radical (unpaired) electrons. The molecule has 0 aliphatic carbocycles. The Bertz CT molecular complexity index is 608. The molecule has 110 valence electrons. The van der Waals surface area contributed by atoms with Gasteiger partial charge in [0, 0.05) is 12.6 Å². The second-order valence-corrected chi connectivity index (χ2v) is 4.42. The van der Waals surface area contributed by atoms with E-state index in [1.807, 2.05) is 6.92 Å². The lowest BCUT2D eigenvalue weighted by molar-refractivity contribution is -0.142. The molecule has 1 aliphatic rings. The highest BCUT2D eigenvalue weighted by Gasteiger charge is 2.42. The molecule has 1 saturated heterocycles. The van der Waals surface area contributed by atoms with Gasteiger partial charge in [0.05, 0.1) is 13.2 Å². The molecule has 0 unspecified atom stereocenters. The summed E-state index contributed by atoms with van der Waals surface area (Å²) in [5, 5.41) is 0. The van der Waals surface area contributed by atoms with Crippen molar-refractivity contribution in [3.05, 3.63) is 29.8 Å². The summed E-state index contributed by atoms with van der Waals surface area (Å²) in [6.45, 7) is 1.90. The molecule has 0 spiro atoms. The maximum Gasteiger partial charge on any atom is 0.334 e. The molecule has 1 aliphatic heterocycles. The fourth-order valence-corrected chi connectivity index (χ4v) is 1.89. The number of hydrogen-bond donors (Lipinski definition) is 0. The van der Waals surface area contributed by atoms with Gasteiger partial charge in [-0.15, -0.1) is 0 Å². The van der Waals surface area contributed by atoms with Crippen LogP contribution in [0.2, 0.25) is 0 Å². The van der Waals surface area contributed by atoms with Gasteiger partial charge in [-0.05, 0) is 31.2 Å². The van der Waals surface area contributed by atoms with Crippen molar-refractivity contribution in [3.63, 3.8) is 0 Å². The molecular weight excluding hydrogens is 276 g/mol. The van der Waals surface area contributed by atoms with E-state index in [2.05, 4.69) is 0 Å². The predicted octanol–water partition coefficient (Wildman–Crippen LogP) is 0.689. The van der Waals surface area contributed by atoms with Crippen molar-refractivity contribution in [1.82, 2.24) is 9.80 Å². The standard InChI is InChI=1S/C14H14N2O5/c1-3-21-10-6-4-9(5-7-10)11(17)8-16-13(19)12(18)15(2)14(16)20/h4-7H,3,8H2,1-2H3. The van der Waals surface area contributed by atoms with Gasteiger partial charge >= 0.3 is 17.8 Å². The lowest BCUT2D eigenvalue weighted by atomic mass is 10.1. The molecule has 1 fully saturated rings. The van der Waals surface area contributed by atoms with Crippen LogP contribution in [0, 0.1) is 0 Å². The van der Waals surface area contributed by atoms with Crippen LogP contribution in [0.25, 0.3) is 0 Å². The minimum Gasteiger partial charge on any atom is -0.494 e. The molecule has 1 aromatic rings. The SMILES string of the molecule is CCOc1ccc(C(=O)CN2C(=O)C(=O)N(C)C2=O)cc1. The molecule has 1 heterocycles. The highest BCUT2D eigenvalue weighted by atomic mass is 16.5. The minimum absolute atomic E-state index is 0.334. The third-order valence-corrected chi connectivity index (χ3v) is 3.04. The lowest BCUT2D eigenvalue weighted by Gasteiger charge is -2.12. The first kappa shape index (κ1) is 14.7. The number of carbonyl (C=O) groups is 4. The highest BCUT2D eigenvalue weighted by Crippen LogP contribution is 2.15. The molecule has 21 heavy (non-hydrogen) atoms. The maximum absolute atomic E-state index is 12.1. The van der Waals surface area contributed by atoms with Crippen LogP contribution in [0.5, 0.6) is 5.75 Å². The van der Waals surface area contributed by atoms with Crippen LogP contribution in [0.3, 0.4) is 0 Å². The summed E-state index contributed by atoms with van der Waals surface area (Å²) in [5.74, 6) is -1.72. The van der Waals surface area contributed by atoms with Crippen LogP contribution in [-0.2, 0) is 9.59 Å². The van der Waals surface area contributed by atoms with Gasteiger partial charge in [0.25, 0.3) is 0 Å². The molecule has 2 rings (SSSR count). The molecule has 0 aromatic heterocycles. The molecular formula is C14H14N2O5. The Labute approximate surface area is 121 Å². The first-order valence-corrected chi connectivity index (χ1v) is 6.35. The Morgan fingerprint density at radius 3 is 2.19 bits per heavy atom. The lowest BCUT2D eigenvalue weighted by Crippen LogP contribution is -2.36. The van der Waals surface area contributed by atoms with Crippen molar-refractivity contribution >= 4 is 23.6 Å². The molecule has 0 saturated carbocycles. The summed E-state index contributed by atoms with van der Waals surface area (Å²) >= 11 is 0. The van der Waals surface area contributed by atoms with Gasteiger partial charge in [0.15, 0.2) is 5.78 Å². The normalized spacial score (nSPS) is 14.9. The van der Waals surface area contributed by atoms with Crippen molar-refractivity contribution in [2.45, 2.75) is 6.92 Å². The number of amides is 4. The van der Waals surface area contributed by atoms with E-state index in [0.717, 1.165) is 0 Å². The summed E-state index contributed by atoms with van der Waals surface area (Å²) in [4.78, 5) is 48.0. The largest absolute Gasteiger partial charge is 0.494 e. The first-order valence-electron chi connectivity index (χ1n) is 6.35. The first-order chi connectivity index (χ1) is 9.95. The van der Waals surface area contributed by atoms with E-state index in [0.29, 0.717) is 27.7 Å². The number of likely N-dealkylation sites (N-methyl/N-ethyl adjacent to an activating group) is 1. The highest BCUT2D eigenvalue weighted by molar-refractivity contribution is 6.45. The average Bonchev–Trinajstić information content (AvgIpc) is 2.66. The van der Waals surface area contributed by atoms with Crippen molar-refractivity contribution in [2.75, 3.05) is 20.2 Å². The zero-order valence-electron chi connectivity index (χ0n) is 11.7. The molecule has 1 aromatic carbocycles. The third-order valence-electron chi connectivity index (χ3n) is 3.04. The zero-order valence-corrected chi connectivity index (χ0v) is 11.7. The Kier molecular flexibility index (Phi) is 4.02. The van der Waals surface area contributed by atoms with Gasteiger partial charge in [-0.3, -0.25) is 19.3 Å². The molecule has 0 atom stereocenters. The quantitative estimate of drug-likeness (QED) is 0.452. The van der Waals surface area contributed by atoms with Gasteiger partial charge < -0.3 is 4.74 Å². The molecule has 0 N–H and O–H groups in total. The summed E-state index contributed by atoms with van der Waals surface area (Å²) in [7, 11) is 1.20. The number of nitrogens with zero attached hydrogens (tertiary/aromatic N) is 2. The summed E-state index contributed by atoms with van der Waals surface area (Å²) in [6.07, 6.45) is 0. The number of urea groups is 1. The number of ether oxygens (including phenoxy) is 1. The number of hydrogen-bond acceptors (Lipinski definition) is 5. The van der Waals surface area contributed by atoms with Crippen molar-refractivity contribution in [2.24, 2.45) is 0 Å². The van der Waals surface area contributed by atoms with Crippen molar-refractivity contribution in [3.8, 4) is 5.75 Å². The van der Waals surface area contributed by atoms with Crippen LogP contribution < -0.4 is 4.74 Å². The van der Waals surface area contributed by atoms with E-state index in [1.165, 1.54) is 7.05 Å². The second-order valence-electron chi connectivity index (χ2n) is 4.42. The van der Waals surface area contributed by atoms with Crippen molar-refractivity contribution in [1.29, 1.82) is 0 Å². The average molecular weight is 290 g/mol. The van der Waals surface area contributed by atoms with Gasteiger partial charge in [-0.25, -0.2) is 9.69 Å². The van der Waals surface area contributed by atoms with Gasteiger partial charge in [-0.2, -0.15) is 0 Å². The maximum atomic E-state index is 12.1. The Morgan fingerprint density at radius 1 is 1.10 bits per heavy atom. The van der Waals surface area contributed by atoms with Gasteiger partial charge in [0.2, 0.25) is 0 Å². The smallest absolute Gasteiger partial charge is 0.334 e. The molecule has 7 heteroatoms. The summed E-state index contributed by atoms with van der Waals surface area (Å²) < 4.78 is 5.25. The zero-order chi connectivity index (χ0) is 15.6. The fraction of sp³-hybridized carbons (Fsp3) is 0.286. The number of carbonyl (C=O) groups excluding carboxylic acids is 4. The molecule has 4 amide bonds. The Hall–Kier alpha value is -2.70. The fourth-order valence-electron chi connectivity index (χ4n) is 1.89. The summed E-state index contributed by atoms with van der Waals surface area (Å²) in [6, 6.07) is 5.56. The van der Waals surface area contributed by atoms with Crippen molar-refractivity contribution < 1.29 is 23.9 Å². The Balaban J connectivity index is 2.09. The third kappa shape index (κ3) is 2.76. The molecule has 0 bridgehead atoms. The predicted molar refractivity (Wildman–Crippen MR) is 71.8 cm³/mol. The van der Waals surface area contributed by atoms with E-state index in [1.54, 1.807) is 24.3 Å². The Morgan fingerprint density at radius 2 is 1.71 bits per heavy atom.